The molecule has 0 unspecified atom stereocenters. The minimum absolute atomic E-state index is 0.147. The lowest BCUT2D eigenvalue weighted by molar-refractivity contribution is -0.114. The molecule has 1 aromatic carbocycles. The molecule has 1 aromatic rings. The Balaban J connectivity index is 2.76. The number of hydrogen-bond donors (Lipinski definition) is 0. The minimum atomic E-state index is -0.149. The molecule has 2 nitrogen and oxygen atoms in total. The first kappa shape index (κ1) is 15.4. The molecule has 0 amide bonds. The summed E-state index contributed by atoms with van der Waals surface area (Å²) >= 11 is 6.55. The van der Waals surface area contributed by atoms with E-state index >= 15 is 0 Å². The molecule has 20 heavy (non-hydrogen) atoms. The fraction of sp³-hybridized carbons (Fsp3) is 0.250. The lowest BCUT2D eigenvalue weighted by atomic mass is 9.87. The molecule has 0 spiro atoms. The van der Waals surface area contributed by atoms with Crippen molar-refractivity contribution in [1.82, 2.24) is 0 Å². The van der Waals surface area contributed by atoms with Gasteiger partial charge in [0.05, 0.1) is 8.96 Å². The summed E-state index contributed by atoms with van der Waals surface area (Å²) in [4.78, 5) is 24.7. The summed E-state index contributed by atoms with van der Waals surface area (Å²) in [5.74, 6) is -0.296. The van der Waals surface area contributed by atoms with E-state index in [1.54, 1.807) is 6.92 Å². The number of carbonyl (C=O) groups is 2. The van der Waals surface area contributed by atoms with Crippen LogP contribution in [0.15, 0.2) is 26.7 Å². The zero-order valence-electron chi connectivity index (χ0n) is 11.7. The van der Waals surface area contributed by atoms with E-state index in [2.05, 4.69) is 31.9 Å². The van der Waals surface area contributed by atoms with Gasteiger partial charge in [-0.3, -0.25) is 9.59 Å². The van der Waals surface area contributed by atoms with Crippen LogP contribution >= 0.6 is 31.9 Å². The smallest absolute Gasteiger partial charge is 0.202 e. The van der Waals surface area contributed by atoms with Gasteiger partial charge in [-0.15, -0.1) is 0 Å². The van der Waals surface area contributed by atoms with Gasteiger partial charge in [-0.05, 0) is 76.2 Å². The van der Waals surface area contributed by atoms with Crippen molar-refractivity contribution < 1.29 is 9.59 Å². The summed E-state index contributed by atoms with van der Waals surface area (Å²) in [5.41, 5.74) is 4.85. The third kappa shape index (κ3) is 2.35. The number of halogens is 2. The minimum Gasteiger partial charge on any atom is -0.288 e. The van der Waals surface area contributed by atoms with E-state index in [0.717, 1.165) is 22.3 Å². The summed E-state index contributed by atoms with van der Waals surface area (Å²) in [7, 11) is 0. The second-order valence-corrected chi connectivity index (χ2v) is 6.65. The van der Waals surface area contributed by atoms with Crippen molar-refractivity contribution in [2.45, 2.75) is 27.7 Å². The Hall–Kier alpha value is -1.00. The van der Waals surface area contributed by atoms with Crippen molar-refractivity contribution in [3.8, 4) is 0 Å². The molecule has 0 N–H and O–H groups in total. The average Bonchev–Trinajstić information content (AvgIpc) is 2.37. The van der Waals surface area contributed by atoms with E-state index in [0.29, 0.717) is 20.1 Å². The van der Waals surface area contributed by atoms with Crippen molar-refractivity contribution in [2.75, 3.05) is 0 Å². The number of aryl methyl sites for hydroxylation is 3. The number of hydrogen-bond acceptors (Lipinski definition) is 2. The molecule has 0 saturated heterocycles. The Bertz CT molecular complexity index is 686. The van der Waals surface area contributed by atoms with Gasteiger partial charge < -0.3 is 0 Å². The lowest BCUT2D eigenvalue weighted by Gasteiger charge is -2.20. The number of carbonyl (C=O) groups excluding carboxylic acids is 2. The Kier molecular flexibility index (Phi) is 4.17. The standard InChI is InChI=1S/C16H14Br2O2/c1-7-5-8(2)11(9(3)6-7)12-14(18)15(19)10(4)13(17)16(12)20/h5-6H,1-4H3. The van der Waals surface area contributed by atoms with Crippen LogP contribution in [0.25, 0.3) is 5.57 Å². The van der Waals surface area contributed by atoms with Crippen LogP contribution in [0.5, 0.6) is 0 Å². The van der Waals surface area contributed by atoms with E-state index < -0.39 is 0 Å². The molecule has 2 rings (SSSR count). The molecule has 0 saturated carbocycles. The summed E-state index contributed by atoms with van der Waals surface area (Å²) in [6, 6.07) is 4.04. The van der Waals surface area contributed by atoms with Gasteiger partial charge in [-0.25, -0.2) is 0 Å². The molecule has 0 aliphatic heterocycles. The third-order valence-corrected chi connectivity index (χ3v) is 5.15. The van der Waals surface area contributed by atoms with Gasteiger partial charge in [0.25, 0.3) is 0 Å². The molecule has 104 valence electrons. The van der Waals surface area contributed by atoms with Gasteiger partial charge >= 0.3 is 0 Å². The normalized spacial score (nSPS) is 16.3. The molecule has 0 heterocycles. The number of ketones is 2. The van der Waals surface area contributed by atoms with Gasteiger partial charge in [0.15, 0.2) is 5.78 Å². The maximum Gasteiger partial charge on any atom is 0.202 e. The number of benzene rings is 1. The van der Waals surface area contributed by atoms with Crippen LogP contribution in [-0.4, -0.2) is 11.6 Å². The molecule has 0 aromatic heterocycles. The van der Waals surface area contributed by atoms with Gasteiger partial charge in [-0.2, -0.15) is 0 Å². The van der Waals surface area contributed by atoms with Crippen LogP contribution in [-0.2, 0) is 9.59 Å². The molecule has 0 radical (unpaired) electrons. The number of Topliss-reactive ketones (excluding diaryl/α,β-unsaturated/α-hetero) is 2. The average molecular weight is 398 g/mol. The van der Waals surface area contributed by atoms with Crippen molar-refractivity contribution in [1.29, 1.82) is 0 Å². The SMILES string of the molecule is CC1=C(Br)C(=O)C(c2c(C)cc(C)cc2C)=C(Br)C1=O. The van der Waals surface area contributed by atoms with E-state index in [1.165, 1.54) is 0 Å². The summed E-state index contributed by atoms with van der Waals surface area (Å²) in [6.45, 7) is 7.58. The maximum absolute atomic E-state index is 12.5. The van der Waals surface area contributed by atoms with Crippen LogP contribution in [0.3, 0.4) is 0 Å². The Morgan fingerprint density at radius 2 is 1.30 bits per heavy atom. The Morgan fingerprint density at radius 1 is 0.800 bits per heavy atom. The van der Waals surface area contributed by atoms with Crippen LogP contribution < -0.4 is 0 Å². The summed E-state index contributed by atoms with van der Waals surface area (Å²) in [5, 5.41) is 0. The van der Waals surface area contributed by atoms with E-state index in [-0.39, 0.29) is 11.6 Å². The van der Waals surface area contributed by atoms with Crippen molar-refractivity contribution in [3.05, 3.63) is 48.9 Å². The molecular weight excluding hydrogens is 384 g/mol. The van der Waals surface area contributed by atoms with Crippen LogP contribution in [0.2, 0.25) is 0 Å². The Morgan fingerprint density at radius 3 is 1.80 bits per heavy atom. The van der Waals surface area contributed by atoms with Crippen LogP contribution in [0.4, 0.5) is 0 Å². The second-order valence-electron chi connectivity index (χ2n) is 5.06. The van der Waals surface area contributed by atoms with Gasteiger partial charge in [-0.1, -0.05) is 17.7 Å². The summed E-state index contributed by atoms with van der Waals surface area (Å²) in [6.07, 6.45) is 0. The highest BCUT2D eigenvalue weighted by atomic mass is 79.9. The van der Waals surface area contributed by atoms with Crippen LogP contribution in [0.1, 0.15) is 29.2 Å². The monoisotopic (exact) mass is 396 g/mol. The molecule has 4 heteroatoms. The van der Waals surface area contributed by atoms with Crippen molar-refractivity contribution in [3.63, 3.8) is 0 Å². The highest BCUT2D eigenvalue weighted by molar-refractivity contribution is 9.12. The molecule has 0 bridgehead atoms. The topological polar surface area (TPSA) is 34.1 Å². The van der Waals surface area contributed by atoms with Gasteiger partial charge in [0.1, 0.15) is 0 Å². The zero-order valence-corrected chi connectivity index (χ0v) is 14.9. The first-order valence-electron chi connectivity index (χ1n) is 6.19. The van der Waals surface area contributed by atoms with E-state index in [4.69, 9.17) is 0 Å². The first-order chi connectivity index (χ1) is 9.25. The number of rotatable bonds is 1. The van der Waals surface area contributed by atoms with Crippen molar-refractivity contribution >= 4 is 49.0 Å². The molecular formula is C16H14Br2O2. The Labute approximate surface area is 135 Å². The fourth-order valence-corrected chi connectivity index (χ4v) is 3.61. The van der Waals surface area contributed by atoms with Crippen molar-refractivity contribution in [2.24, 2.45) is 0 Å². The predicted molar refractivity (Wildman–Crippen MR) is 88.1 cm³/mol. The molecule has 1 aliphatic carbocycles. The van der Waals surface area contributed by atoms with E-state index in [9.17, 15) is 9.59 Å². The van der Waals surface area contributed by atoms with Crippen LogP contribution in [0, 0.1) is 20.8 Å². The maximum atomic E-state index is 12.5. The molecule has 0 atom stereocenters. The first-order valence-corrected chi connectivity index (χ1v) is 7.78. The fourth-order valence-electron chi connectivity index (χ4n) is 2.56. The highest BCUT2D eigenvalue weighted by Gasteiger charge is 2.32. The third-order valence-electron chi connectivity index (χ3n) is 3.44. The summed E-state index contributed by atoms with van der Waals surface area (Å²) < 4.78 is 0.693. The predicted octanol–water partition coefficient (Wildman–Crippen LogP) is 4.54. The lowest BCUT2D eigenvalue weighted by Crippen LogP contribution is -2.18. The molecule has 0 fully saturated rings. The van der Waals surface area contributed by atoms with Gasteiger partial charge in [0, 0.05) is 11.1 Å². The second kappa shape index (κ2) is 5.41. The van der Waals surface area contributed by atoms with E-state index in [1.807, 2.05) is 32.9 Å². The highest BCUT2D eigenvalue weighted by Crippen LogP contribution is 2.38. The molecule has 1 aliphatic rings. The number of allylic oxidation sites excluding steroid dienone is 4. The van der Waals surface area contributed by atoms with Gasteiger partial charge in [0.2, 0.25) is 5.78 Å². The quantitative estimate of drug-likeness (QED) is 0.652. The zero-order chi connectivity index (χ0) is 15.2. The largest absolute Gasteiger partial charge is 0.288 e.